The van der Waals surface area contributed by atoms with E-state index >= 15 is 0 Å². The highest BCUT2D eigenvalue weighted by Gasteiger charge is 2.34. The van der Waals surface area contributed by atoms with Crippen molar-refractivity contribution in [3.05, 3.63) is 40.7 Å². The minimum absolute atomic E-state index is 0. The van der Waals surface area contributed by atoms with Crippen LogP contribution < -0.4 is 10.2 Å². The number of benzene rings is 1. The molecule has 0 aliphatic carbocycles. The molecule has 0 aromatic heterocycles. The van der Waals surface area contributed by atoms with Crippen LogP contribution in [0, 0.1) is 0 Å². The molecule has 144 valence electrons. The minimum Gasteiger partial charge on any atom is -0.464 e. The summed E-state index contributed by atoms with van der Waals surface area (Å²) in [6.45, 7) is 2.05. The van der Waals surface area contributed by atoms with Gasteiger partial charge in [0.2, 0.25) is 0 Å². The molecule has 0 spiro atoms. The molecule has 1 aromatic rings. The van der Waals surface area contributed by atoms with Crippen LogP contribution in [0.3, 0.4) is 0 Å². The Bertz CT molecular complexity index is 719. The molecular formula is C18H22ClF3N2O2. The lowest BCUT2D eigenvalue weighted by Gasteiger charge is -2.34. The summed E-state index contributed by atoms with van der Waals surface area (Å²) in [5.74, 6) is 0.405. The molecule has 26 heavy (non-hydrogen) atoms. The monoisotopic (exact) mass is 390 g/mol. The molecular weight excluding hydrogens is 369 g/mol. The van der Waals surface area contributed by atoms with Crippen molar-refractivity contribution in [1.29, 1.82) is 0 Å². The fourth-order valence-corrected chi connectivity index (χ4v) is 3.46. The molecule has 1 atom stereocenters. The van der Waals surface area contributed by atoms with Crippen LogP contribution in [-0.2, 0) is 22.1 Å². The van der Waals surface area contributed by atoms with Crippen molar-refractivity contribution in [2.24, 2.45) is 0 Å². The molecule has 2 aliphatic heterocycles. The highest BCUT2D eigenvalue weighted by Crippen LogP contribution is 2.39. The number of rotatable bonds is 2. The zero-order valence-electron chi connectivity index (χ0n) is 14.7. The smallest absolute Gasteiger partial charge is 0.416 e. The van der Waals surface area contributed by atoms with Gasteiger partial charge < -0.3 is 15.0 Å². The lowest BCUT2D eigenvalue weighted by molar-refractivity contribution is -0.145. The van der Waals surface area contributed by atoms with Crippen molar-refractivity contribution in [3.8, 4) is 0 Å². The molecule has 0 radical (unpaired) electrons. The molecule has 4 nitrogen and oxygen atoms in total. The number of nitrogens with zero attached hydrogens (tertiary/aromatic N) is 1. The van der Waals surface area contributed by atoms with Gasteiger partial charge in [-0.1, -0.05) is 6.07 Å². The molecule has 0 bridgehead atoms. The summed E-state index contributed by atoms with van der Waals surface area (Å²) in [6.07, 6.45) is -1.50. The number of alkyl halides is 3. The van der Waals surface area contributed by atoms with Gasteiger partial charge in [-0.05, 0) is 55.9 Å². The molecule has 0 amide bonds. The lowest BCUT2D eigenvalue weighted by Crippen LogP contribution is -2.42. The maximum atomic E-state index is 13.0. The van der Waals surface area contributed by atoms with E-state index in [9.17, 15) is 18.0 Å². The predicted molar refractivity (Wildman–Crippen MR) is 95.2 cm³/mol. The lowest BCUT2D eigenvalue weighted by atomic mass is 9.94. The van der Waals surface area contributed by atoms with Crippen molar-refractivity contribution >= 4 is 24.1 Å². The van der Waals surface area contributed by atoms with Crippen LogP contribution in [0.25, 0.3) is 0 Å². The van der Waals surface area contributed by atoms with Gasteiger partial charge in [0.05, 0.1) is 12.2 Å². The molecule has 1 aromatic carbocycles. The number of hydrogen-bond donors (Lipinski definition) is 1. The van der Waals surface area contributed by atoms with E-state index in [2.05, 4.69) is 5.32 Å². The van der Waals surface area contributed by atoms with Gasteiger partial charge in [0.15, 0.2) is 0 Å². The number of allylic oxidation sites excluding steroid dienone is 1. The van der Waals surface area contributed by atoms with Crippen LogP contribution >= 0.6 is 12.4 Å². The second-order valence-corrected chi connectivity index (χ2v) is 6.37. The van der Waals surface area contributed by atoms with Gasteiger partial charge in [-0.2, -0.15) is 13.2 Å². The average molecular weight is 391 g/mol. The minimum atomic E-state index is -4.38. The van der Waals surface area contributed by atoms with E-state index in [1.54, 1.807) is 24.9 Å². The van der Waals surface area contributed by atoms with Crippen LogP contribution in [0.1, 0.15) is 37.3 Å². The van der Waals surface area contributed by atoms with Gasteiger partial charge in [0.25, 0.3) is 0 Å². The third-order valence-corrected chi connectivity index (χ3v) is 4.70. The molecule has 1 unspecified atom stereocenters. The summed E-state index contributed by atoms with van der Waals surface area (Å²) in [5.41, 5.74) is 1.83. The largest absolute Gasteiger partial charge is 0.464 e. The molecule has 0 fully saturated rings. The standard InChI is InChI=1S/C18H21F3N2O2.ClH/c1-3-25-17(24)14-6-4-5-12-9-11-7-8-13(18(19,20)21)10-15(11)23(2)16(12)22-14;/h7-8,10,14,22H,3-6,9H2,1-2H3;1H. The molecule has 1 N–H and O–H groups in total. The Morgan fingerprint density at radius 2 is 2.12 bits per heavy atom. The van der Waals surface area contributed by atoms with Crippen LogP contribution in [0.15, 0.2) is 29.6 Å². The normalized spacial score (nSPS) is 19.6. The zero-order valence-corrected chi connectivity index (χ0v) is 15.5. The number of carbonyl (C=O) groups is 1. The maximum absolute atomic E-state index is 13.0. The van der Waals surface area contributed by atoms with Gasteiger partial charge in [0, 0.05) is 12.7 Å². The summed E-state index contributed by atoms with van der Waals surface area (Å²) >= 11 is 0. The Hall–Kier alpha value is -1.89. The van der Waals surface area contributed by atoms with Crippen molar-refractivity contribution in [2.75, 3.05) is 18.6 Å². The number of hydrogen-bond acceptors (Lipinski definition) is 4. The number of nitrogens with one attached hydrogen (secondary N) is 1. The first-order valence-electron chi connectivity index (χ1n) is 8.40. The zero-order chi connectivity index (χ0) is 18.2. The van der Waals surface area contributed by atoms with Crippen molar-refractivity contribution in [1.82, 2.24) is 5.32 Å². The molecule has 2 heterocycles. The molecule has 3 rings (SSSR count). The van der Waals surface area contributed by atoms with Gasteiger partial charge in [0.1, 0.15) is 11.9 Å². The van der Waals surface area contributed by atoms with Gasteiger partial charge in [-0.3, -0.25) is 0 Å². The first-order chi connectivity index (χ1) is 11.8. The van der Waals surface area contributed by atoms with Crippen LogP contribution in [0.2, 0.25) is 0 Å². The molecule has 0 saturated heterocycles. The summed E-state index contributed by atoms with van der Waals surface area (Å²) in [5, 5.41) is 3.20. The fourth-order valence-electron chi connectivity index (χ4n) is 3.46. The third-order valence-electron chi connectivity index (χ3n) is 4.70. The molecule has 8 heteroatoms. The van der Waals surface area contributed by atoms with E-state index in [1.165, 1.54) is 6.07 Å². The molecule has 2 aliphatic rings. The van der Waals surface area contributed by atoms with E-state index in [4.69, 9.17) is 4.74 Å². The Morgan fingerprint density at radius 1 is 1.38 bits per heavy atom. The van der Waals surface area contributed by atoms with E-state index in [0.29, 0.717) is 25.1 Å². The summed E-state index contributed by atoms with van der Waals surface area (Å²) < 4.78 is 44.2. The topological polar surface area (TPSA) is 41.6 Å². The van der Waals surface area contributed by atoms with Crippen LogP contribution in [-0.4, -0.2) is 25.7 Å². The summed E-state index contributed by atoms with van der Waals surface area (Å²) in [6, 6.07) is 3.38. The van der Waals surface area contributed by atoms with Crippen LogP contribution in [0.4, 0.5) is 18.9 Å². The van der Waals surface area contributed by atoms with Crippen molar-refractivity contribution in [2.45, 2.75) is 44.8 Å². The number of ether oxygens (including phenoxy) is 1. The van der Waals surface area contributed by atoms with Crippen molar-refractivity contribution < 1.29 is 22.7 Å². The van der Waals surface area contributed by atoms with E-state index in [-0.39, 0.29) is 18.4 Å². The third kappa shape index (κ3) is 3.92. The molecule has 0 saturated carbocycles. The average Bonchev–Trinajstić information content (AvgIpc) is 2.77. The highest BCUT2D eigenvalue weighted by molar-refractivity contribution is 5.85. The summed E-state index contributed by atoms with van der Waals surface area (Å²) in [4.78, 5) is 13.8. The predicted octanol–water partition coefficient (Wildman–Crippen LogP) is 4.04. The first kappa shape index (κ1) is 20.4. The van der Waals surface area contributed by atoms with Crippen LogP contribution in [0.5, 0.6) is 0 Å². The number of anilines is 1. The van der Waals surface area contributed by atoms with E-state index < -0.39 is 17.8 Å². The van der Waals surface area contributed by atoms with Gasteiger partial charge in [-0.15, -0.1) is 12.4 Å². The van der Waals surface area contributed by atoms with Gasteiger partial charge in [-0.25, -0.2) is 4.79 Å². The van der Waals surface area contributed by atoms with Gasteiger partial charge >= 0.3 is 12.1 Å². The Labute approximate surface area is 156 Å². The first-order valence-corrected chi connectivity index (χ1v) is 8.40. The quantitative estimate of drug-likeness (QED) is 0.774. The Morgan fingerprint density at radius 3 is 2.77 bits per heavy atom. The van der Waals surface area contributed by atoms with Crippen molar-refractivity contribution in [3.63, 3.8) is 0 Å². The van der Waals surface area contributed by atoms with E-state index in [0.717, 1.165) is 35.9 Å². The second-order valence-electron chi connectivity index (χ2n) is 6.37. The number of halogens is 4. The van der Waals surface area contributed by atoms with E-state index in [1.807, 2.05) is 0 Å². The number of fused-ring (bicyclic) bond motifs is 1. The summed E-state index contributed by atoms with van der Waals surface area (Å²) in [7, 11) is 1.73. The maximum Gasteiger partial charge on any atom is 0.416 e. The number of esters is 1. The Kier molecular flexibility index (Phi) is 6.11. The SMILES string of the molecule is CCOC(=O)C1CCCC2=C(N1)N(C)c1cc(C(F)(F)F)ccc1C2.Cl. The number of carbonyl (C=O) groups excluding carboxylic acids is 1. The highest BCUT2D eigenvalue weighted by atomic mass is 35.5. The second kappa shape index (κ2) is 7.78. The fraction of sp³-hybridized carbons (Fsp3) is 0.500. The Balaban J connectivity index is 0.00000243.